The standard InChI is InChI=1S/C45H30N4/c46-44(49-45-47-42-23-9-8-22-40(42)43(48-45)29-12-2-1-3-13-29)34-17-11-16-32(27-34)30-14-10-15-31(26-30)33-24-25-39-37-20-5-4-18-35(37)36-19-6-7-21-38(36)41(39)28-33/h1-28H,(H2,46,47,48,49). The number of aromatic amines is 1. The maximum absolute atomic E-state index is 8.96. The molecule has 9 rings (SSSR count). The monoisotopic (exact) mass is 626 g/mol. The second-order valence-electron chi connectivity index (χ2n) is 12.3. The Morgan fingerprint density at radius 2 is 0.939 bits per heavy atom. The molecule has 1 aromatic heterocycles. The van der Waals surface area contributed by atoms with Gasteiger partial charge in [0.1, 0.15) is 0 Å². The Hall–Kier alpha value is -6.65. The molecule has 9 aromatic rings. The molecule has 0 bridgehead atoms. The quantitative estimate of drug-likeness (QED) is 0.114. The molecule has 0 fully saturated rings. The van der Waals surface area contributed by atoms with Gasteiger partial charge in [-0.3, -0.25) is 5.41 Å². The van der Waals surface area contributed by atoms with Crippen LogP contribution in [-0.2, 0) is 0 Å². The van der Waals surface area contributed by atoms with Crippen LogP contribution in [0.15, 0.2) is 175 Å². The summed E-state index contributed by atoms with van der Waals surface area (Å²) in [7, 11) is 0. The predicted molar refractivity (Wildman–Crippen MR) is 204 cm³/mol. The van der Waals surface area contributed by atoms with Gasteiger partial charge in [-0.2, -0.15) is 4.99 Å². The minimum atomic E-state index is 0.143. The van der Waals surface area contributed by atoms with Gasteiger partial charge in [-0.15, -0.1) is 0 Å². The highest BCUT2D eigenvalue weighted by Gasteiger charge is 2.11. The summed E-state index contributed by atoms with van der Waals surface area (Å²) in [5, 5.41) is 17.6. The zero-order valence-corrected chi connectivity index (χ0v) is 26.6. The lowest BCUT2D eigenvalue weighted by molar-refractivity contribution is 1.05. The van der Waals surface area contributed by atoms with Gasteiger partial charge >= 0.3 is 0 Å². The highest BCUT2D eigenvalue weighted by molar-refractivity contribution is 6.25. The van der Waals surface area contributed by atoms with Gasteiger partial charge in [-0.25, -0.2) is 4.98 Å². The molecule has 0 spiro atoms. The van der Waals surface area contributed by atoms with Gasteiger partial charge in [-0.1, -0.05) is 146 Å². The molecule has 0 radical (unpaired) electrons. The van der Waals surface area contributed by atoms with E-state index in [0.29, 0.717) is 5.62 Å². The SMILES string of the molecule is N=C(/N=c1/nc(-c2ccccc2)c2ccccc2[nH]1)c1cccc(-c2cccc(-c3ccc4c5ccccc5c5ccccc5c4c3)c2)c1. The van der Waals surface area contributed by atoms with Gasteiger partial charge in [0.15, 0.2) is 5.84 Å². The first-order valence-electron chi connectivity index (χ1n) is 16.4. The summed E-state index contributed by atoms with van der Waals surface area (Å²) in [6, 6.07) is 59.0. The summed E-state index contributed by atoms with van der Waals surface area (Å²) in [6.45, 7) is 0. The minimum absolute atomic E-state index is 0.143. The first-order chi connectivity index (χ1) is 24.2. The molecule has 230 valence electrons. The van der Waals surface area contributed by atoms with Gasteiger partial charge in [0.25, 0.3) is 0 Å². The Kier molecular flexibility index (Phi) is 6.91. The Morgan fingerprint density at radius 3 is 1.63 bits per heavy atom. The van der Waals surface area contributed by atoms with Crippen molar-refractivity contribution < 1.29 is 0 Å². The Bertz CT molecular complexity index is 2760. The molecule has 4 nitrogen and oxygen atoms in total. The van der Waals surface area contributed by atoms with Gasteiger partial charge in [0.2, 0.25) is 5.62 Å². The molecule has 2 N–H and O–H groups in total. The molecule has 0 atom stereocenters. The summed E-state index contributed by atoms with van der Waals surface area (Å²) in [5.74, 6) is 0.143. The van der Waals surface area contributed by atoms with Crippen LogP contribution < -0.4 is 5.62 Å². The Labute approximate surface area is 283 Å². The molecule has 0 aliphatic rings. The number of nitrogens with zero attached hydrogens (tertiary/aromatic N) is 2. The van der Waals surface area contributed by atoms with Crippen molar-refractivity contribution in [3.63, 3.8) is 0 Å². The fraction of sp³-hybridized carbons (Fsp3) is 0. The van der Waals surface area contributed by atoms with E-state index >= 15 is 0 Å². The van der Waals surface area contributed by atoms with Crippen LogP contribution in [0.5, 0.6) is 0 Å². The van der Waals surface area contributed by atoms with Crippen LogP contribution in [0.25, 0.3) is 76.7 Å². The predicted octanol–water partition coefficient (Wildman–Crippen LogP) is 10.9. The molecule has 0 unspecified atom stereocenters. The lowest BCUT2D eigenvalue weighted by Gasteiger charge is -2.12. The lowest BCUT2D eigenvalue weighted by Crippen LogP contribution is -2.17. The Balaban J connectivity index is 1.09. The summed E-state index contributed by atoms with van der Waals surface area (Å²) in [5.41, 5.74) is 8.29. The maximum Gasteiger partial charge on any atom is 0.229 e. The van der Waals surface area contributed by atoms with E-state index in [-0.39, 0.29) is 5.84 Å². The van der Waals surface area contributed by atoms with Crippen molar-refractivity contribution in [3.05, 3.63) is 181 Å². The molecule has 49 heavy (non-hydrogen) atoms. The second-order valence-corrected chi connectivity index (χ2v) is 12.3. The van der Waals surface area contributed by atoms with Crippen molar-refractivity contribution in [1.82, 2.24) is 9.97 Å². The van der Waals surface area contributed by atoms with Gasteiger partial charge in [0, 0.05) is 16.5 Å². The maximum atomic E-state index is 8.96. The van der Waals surface area contributed by atoms with Crippen molar-refractivity contribution in [2.45, 2.75) is 0 Å². The normalized spacial score (nSPS) is 11.9. The van der Waals surface area contributed by atoms with Crippen LogP contribution in [0.4, 0.5) is 0 Å². The number of hydrogen-bond acceptors (Lipinski definition) is 2. The molecule has 8 aromatic carbocycles. The number of amidine groups is 1. The van der Waals surface area contributed by atoms with Crippen LogP contribution in [0.1, 0.15) is 5.56 Å². The smallest absolute Gasteiger partial charge is 0.229 e. The van der Waals surface area contributed by atoms with Crippen molar-refractivity contribution in [2.24, 2.45) is 4.99 Å². The van der Waals surface area contributed by atoms with E-state index in [4.69, 9.17) is 10.4 Å². The van der Waals surface area contributed by atoms with Gasteiger partial charge < -0.3 is 4.98 Å². The Morgan fingerprint density at radius 1 is 0.429 bits per heavy atom. The van der Waals surface area contributed by atoms with E-state index in [1.165, 1.54) is 37.9 Å². The van der Waals surface area contributed by atoms with Crippen LogP contribution >= 0.6 is 0 Å². The van der Waals surface area contributed by atoms with Crippen molar-refractivity contribution >= 4 is 49.1 Å². The average Bonchev–Trinajstić information content (AvgIpc) is 3.18. The third-order valence-corrected chi connectivity index (χ3v) is 9.32. The van der Waals surface area contributed by atoms with E-state index in [9.17, 15) is 0 Å². The van der Waals surface area contributed by atoms with Crippen LogP contribution in [0.2, 0.25) is 0 Å². The van der Waals surface area contributed by atoms with Crippen molar-refractivity contribution in [2.75, 3.05) is 0 Å². The fourth-order valence-corrected chi connectivity index (χ4v) is 6.96. The third kappa shape index (κ3) is 5.16. The molecule has 0 aliphatic heterocycles. The number of aromatic nitrogens is 2. The highest BCUT2D eigenvalue weighted by Crippen LogP contribution is 2.37. The molecular weight excluding hydrogens is 597 g/mol. The second kappa shape index (κ2) is 11.9. The third-order valence-electron chi connectivity index (χ3n) is 9.32. The number of para-hydroxylation sites is 1. The number of hydrogen-bond donors (Lipinski definition) is 2. The van der Waals surface area contributed by atoms with Crippen molar-refractivity contribution in [3.8, 4) is 33.5 Å². The summed E-state index contributed by atoms with van der Waals surface area (Å²) in [6.07, 6.45) is 0. The number of fused-ring (bicyclic) bond motifs is 7. The van der Waals surface area contributed by atoms with E-state index in [2.05, 4.69) is 113 Å². The lowest BCUT2D eigenvalue weighted by atomic mass is 9.91. The molecular formula is C45H30N4. The van der Waals surface area contributed by atoms with Crippen LogP contribution in [0, 0.1) is 5.41 Å². The number of nitrogens with one attached hydrogen (secondary N) is 2. The van der Waals surface area contributed by atoms with E-state index in [1.54, 1.807) is 0 Å². The summed E-state index contributed by atoms with van der Waals surface area (Å²) >= 11 is 0. The molecule has 4 heteroatoms. The number of rotatable bonds is 4. The van der Waals surface area contributed by atoms with Crippen molar-refractivity contribution in [1.29, 1.82) is 5.41 Å². The van der Waals surface area contributed by atoms with Gasteiger partial charge in [0.05, 0.1) is 11.2 Å². The topological polar surface area (TPSA) is 64.9 Å². The fourth-order valence-electron chi connectivity index (χ4n) is 6.96. The molecule has 1 heterocycles. The van der Waals surface area contributed by atoms with Gasteiger partial charge in [-0.05, 0) is 78.8 Å². The number of benzene rings is 8. The molecule has 0 aliphatic carbocycles. The zero-order valence-electron chi connectivity index (χ0n) is 26.6. The zero-order chi connectivity index (χ0) is 32.7. The molecule has 0 saturated carbocycles. The highest BCUT2D eigenvalue weighted by atomic mass is 15.0. The van der Waals surface area contributed by atoms with E-state index in [0.717, 1.165) is 44.4 Å². The first-order valence-corrected chi connectivity index (χ1v) is 16.4. The molecule has 0 saturated heterocycles. The summed E-state index contributed by atoms with van der Waals surface area (Å²) in [4.78, 5) is 12.8. The van der Waals surface area contributed by atoms with Crippen LogP contribution in [-0.4, -0.2) is 15.8 Å². The largest absolute Gasteiger partial charge is 0.323 e. The average molecular weight is 627 g/mol. The molecule has 0 amide bonds. The van der Waals surface area contributed by atoms with Crippen LogP contribution in [0.3, 0.4) is 0 Å². The number of H-pyrrole nitrogens is 1. The van der Waals surface area contributed by atoms with E-state index < -0.39 is 0 Å². The summed E-state index contributed by atoms with van der Waals surface area (Å²) < 4.78 is 0. The minimum Gasteiger partial charge on any atom is -0.323 e. The first kappa shape index (κ1) is 28.6. The van der Waals surface area contributed by atoms with E-state index in [1.807, 2.05) is 66.7 Å².